The SMILES string of the molecule is O=C(O)c1ccc(COC[C@H]2C(O)CC(=S)[C@@H]2CCc2ccc(Cl)cc2)s1. The Bertz CT molecular complexity index is 803. The van der Waals surface area contributed by atoms with Crippen molar-refractivity contribution < 1.29 is 19.7 Å². The first-order valence-corrected chi connectivity index (χ1v) is 10.4. The van der Waals surface area contributed by atoms with E-state index in [2.05, 4.69) is 0 Å². The first-order valence-electron chi connectivity index (χ1n) is 8.79. The maximum absolute atomic E-state index is 10.9. The fraction of sp³-hybridized carbons (Fsp3) is 0.400. The summed E-state index contributed by atoms with van der Waals surface area (Å²) in [7, 11) is 0. The van der Waals surface area contributed by atoms with Crippen LogP contribution in [0.4, 0.5) is 0 Å². The van der Waals surface area contributed by atoms with E-state index in [0.29, 0.717) is 24.5 Å². The monoisotopic (exact) mass is 424 g/mol. The molecule has 1 saturated carbocycles. The molecule has 1 heterocycles. The average molecular weight is 425 g/mol. The van der Waals surface area contributed by atoms with E-state index < -0.39 is 12.1 Å². The average Bonchev–Trinajstić information content (AvgIpc) is 3.20. The minimum absolute atomic E-state index is 0.0243. The van der Waals surface area contributed by atoms with Gasteiger partial charge >= 0.3 is 5.97 Å². The molecule has 1 aromatic carbocycles. The normalized spacial score (nSPS) is 22.3. The summed E-state index contributed by atoms with van der Waals surface area (Å²) in [5, 5.41) is 20.1. The highest BCUT2D eigenvalue weighted by atomic mass is 35.5. The molecule has 144 valence electrons. The van der Waals surface area contributed by atoms with Crippen molar-refractivity contribution in [1.29, 1.82) is 0 Å². The molecule has 0 spiro atoms. The number of thiophene rings is 1. The summed E-state index contributed by atoms with van der Waals surface area (Å²) in [6, 6.07) is 11.1. The molecule has 0 saturated heterocycles. The molecule has 3 rings (SSSR count). The van der Waals surface area contributed by atoms with Crippen LogP contribution in [0.15, 0.2) is 36.4 Å². The van der Waals surface area contributed by atoms with Crippen LogP contribution < -0.4 is 0 Å². The first kappa shape index (κ1) is 20.4. The van der Waals surface area contributed by atoms with E-state index in [1.807, 2.05) is 24.3 Å². The van der Waals surface area contributed by atoms with Crippen molar-refractivity contribution in [3.63, 3.8) is 0 Å². The van der Waals surface area contributed by atoms with Gasteiger partial charge in [-0.05, 0) is 53.5 Å². The van der Waals surface area contributed by atoms with E-state index in [1.165, 1.54) is 16.9 Å². The first-order chi connectivity index (χ1) is 12.9. The van der Waals surface area contributed by atoms with E-state index in [-0.39, 0.29) is 11.8 Å². The second-order valence-electron chi connectivity index (χ2n) is 6.76. The molecule has 0 aliphatic heterocycles. The standard InChI is InChI=1S/C20H21ClO4S2/c21-13-4-1-12(2-5-13)3-7-15-16(17(22)9-18(15)26)11-25-10-14-6-8-19(27-14)20(23)24/h1-2,4-6,8,15-17,22H,3,7,9-11H2,(H,23,24)/t15-,16-,17?/m1/s1. The molecule has 7 heteroatoms. The lowest BCUT2D eigenvalue weighted by molar-refractivity contribution is 0.0223. The maximum Gasteiger partial charge on any atom is 0.345 e. The van der Waals surface area contributed by atoms with Crippen LogP contribution in [0, 0.1) is 11.8 Å². The Labute approximate surface area is 172 Å². The number of aliphatic hydroxyl groups excluding tert-OH is 1. The molecule has 1 unspecified atom stereocenters. The van der Waals surface area contributed by atoms with Crippen LogP contribution in [-0.4, -0.2) is 33.8 Å². The third-order valence-corrected chi connectivity index (χ3v) is 6.69. The fourth-order valence-electron chi connectivity index (χ4n) is 3.46. The van der Waals surface area contributed by atoms with E-state index >= 15 is 0 Å². The highest BCUT2D eigenvalue weighted by molar-refractivity contribution is 7.80. The van der Waals surface area contributed by atoms with E-state index in [0.717, 1.165) is 27.6 Å². The quantitative estimate of drug-likeness (QED) is 0.605. The fourth-order valence-corrected chi connectivity index (χ4v) is 4.83. The highest BCUT2D eigenvalue weighted by Crippen LogP contribution is 2.34. The third-order valence-electron chi connectivity index (χ3n) is 4.92. The Morgan fingerprint density at radius 2 is 2.00 bits per heavy atom. The van der Waals surface area contributed by atoms with Crippen molar-refractivity contribution in [2.24, 2.45) is 11.8 Å². The van der Waals surface area contributed by atoms with Gasteiger partial charge in [0, 0.05) is 22.2 Å². The number of aliphatic hydroxyl groups is 1. The molecule has 2 N–H and O–H groups in total. The molecule has 3 atom stereocenters. The van der Waals surface area contributed by atoms with Crippen LogP contribution in [0.2, 0.25) is 5.02 Å². The lowest BCUT2D eigenvalue weighted by Crippen LogP contribution is -2.25. The van der Waals surface area contributed by atoms with Crippen LogP contribution in [0.25, 0.3) is 0 Å². The predicted octanol–water partition coefficient (Wildman–Crippen LogP) is 4.62. The van der Waals surface area contributed by atoms with Crippen LogP contribution >= 0.6 is 35.2 Å². The summed E-state index contributed by atoms with van der Waals surface area (Å²) >= 11 is 12.6. The lowest BCUT2D eigenvalue weighted by atomic mass is 9.89. The number of thiocarbonyl (C=S) groups is 1. The Balaban J connectivity index is 1.54. The number of halogens is 1. The number of carboxylic acids is 1. The number of aryl methyl sites for hydroxylation is 1. The van der Waals surface area contributed by atoms with Crippen LogP contribution in [0.1, 0.15) is 33.0 Å². The van der Waals surface area contributed by atoms with Crippen LogP contribution in [0.3, 0.4) is 0 Å². The van der Waals surface area contributed by atoms with Crippen molar-refractivity contribution in [2.45, 2.75) is 32.0 Å². The second-order valence-corrected chi connectivity index (χ2v) is 8.89. The summed E-state index contributed by atoms with van der Waals surface area (Å²) < 4.78 is 5.79. The van der Waals surface area contributed by atoms with Gasteiger partial charge in [0.05, 0.1) is 19.3 Å². The largest absolute Gasteiger partial charge is 0.477 e. The predicted molar refractivity (Wildman–Crippen MR) is 111 cm³/mol. The summed E-state index contributed by atoms with van der Waals surface area (Å²) in [4.78, 5) is 13.0. The zero-order valence-electron chi connectivity index (χ0n) is 14.6. The van der Waals surface area contributed by atoms with Gasteiger partial charge in [0.25, 0.3) is 0 Å². The van der Waals surface area contributed by atoms with E-state index in [9.17, 15) is 9.90 Å². The Morgan fingerprint density at radius 3 is 2.67 bits per heavy atom. The van der Waals surface area contributed by atoms with Gasteiger partial charge in [0.2, 0.25) is 0 Å². The number of benzene rings is 1. The second kappa shape index (κ2) is 9.26. The molecular weight excluding hydrogens is 404 g/mol. The molecule has 27 heavy (non-hydrogen) atoms. The number of carboxylic acid groups (broad SMARTS) is 1. The lowest BCUT2D eigenvalue weighted by Gasteiger charge is -2.22. The molecule has 0 radical (unpaired) electrons. The van der Waals surface area contributed by atoms with Gasteiger partial charge in [-0.15, -0.1) is 11.3 Å². The number of aromatic carboxylic acids is 1. The zero-order valence-corrected chi connectivity index (χ0v) is 17.0. The molecule has 1 aromatic heterocycles. The molecule has 0 bridgehead atoms. The van der Waals surface area contributed by atoms with Crippen molar-refractivity contribution in [3.8, 4) is 0 Å². The van der Waals surface area contributed by atoms with Crippen molar-refractivity contribution >= 4 is 46.0 Å². The van der Waals surface area contributed by atoms with Gasteiger partial charge in [-0.3, -0.25) is 0 Å². The minimum Gasteiger partial charge on any atom is -0.477 e. The summed E-state index contributed by atoms with van der Waals surface area (Å²) in [6.07, 6.45) is 1.80. The van der Waals surface area contributed by atoms with Gasteiger partial charge in [-0.1, -0.05) is 36.0 Å². The summed E-state index contributed by atoms with van der Waals surface area (Å²) in [5.74, 6) is -0.808. The summed E-state index contributed by atoms with van der Waals surface area (Å²) in [5.41, 5.74) is 1.20. The number of rotatable bonds is 8. The van der Waals surface area contributed by atoms with Gasteiger partial charge in [0.1, 0.15) is 4.88 Å². The molecule has 2 aromatic rings. The summed E-state index contributed by atoms with van der Waals surface area (Å²) in [6.45, 7) is 0.755. The minimum atomic E-state index is -0.926. The molecule has 4 nitrogen and oxygen atoms in total. The number of hydrogen-bond donors (Lipinski definition) is 2. The van der Waals surface area contributed by atoms with Gasteiger partial charge in [0.15, 0.2) is 0 Å². The molecule has 1 aliphatic rings. The van der Waals surface area contributed by atoms with Crippen molar-refractivity contribution in [2.75, 3.05) is 6.61 Å². The Kier molecular flexibility index (Phi) is 7.00. The number of carbonyl (C=O) groups is 1. The van der Waals surface area contributed by atoms with E-state index in [4.69, 9.17) is 33.7 Å². The zero-order chi connectivity index (χ0) is 19.4. The molecular formula is C20H21ClO4S2. The van der Waals surface area contributed by atoms with Crippen LogP contribution in [-0.2, 0) is 17.8 Å². The maximum atomic E-state index is 10.9. The topological polar surface area (TPSA) is 66.8 Å². The van der Waals surface area contributed by atoms with Crippen molar-refractivity contribution in [3.05, 3.63) is 56.7 Å². The smallest absolute Gasteiger partial charge is 0.345 e. The number of hydrogen-bond acceptors (Lipinski definition) is 5. The molecule has 0 amide bonds. The van der Waals surface area contributed by atoms with Gasteiger partial charge in [-0.25, -0.2) is 4.79 Å². The van der Waals surface area contributed by atoms with Gasteiger partial charge < -0.3 is 14.9 Å². The van der Waals surface area contributed by atoms with Gasteiger partial charge in [-0.2, -0.15) is 0 Å². The Hall–Kier alpha value is -1.31. The van der Waals surface area contributed by atoms with Crippen LogP contribution in [0.5, 0.6) is 0 Å². The molecule has 1 fully saturated rings. The number of ether oxygens (including phenoxy) is 1. The Morgan fingerprint density at radius 1 is 1.26 bits per heavy atom. The highest BCUT2D eigenvalue weighted by Gasteiger charge is 2.38. The van der Waals surface area contributed by atoms with E-state index in [1.54, 1.807) is 12.1 Å². The molecule has 1 aliphatic carbocycles. The van der Waals surface area contributed by atoms with Crippen molar-refractivity contribution in [1.82, 2.24) is 0 Å². The third kappa shape index (κ3) is 5.36.